The van der Waals surface area contributed by atoms with Crippen molar-refractivity contribution >= 4 is 11.6 Å². The maximum atomic E-state index is 13.0. The van der Waals surface area contributed by atoms with Crippen molar-refractivity contribution < 1.29 is 9.53 Å². The van der Waals surface area contributed by atoms with Crippen LogP contribution >= 0.6 is 0 Å². The Morgan fingerprint density at radius 3 is 2.61 bits per heavy atom. The van der Waals surface area contributed by atoms with Crippen LogP contribution in [-0.2, 0) is 11.3 Å². The van der Waals surface area contributed by atoms with Crippen molar-refractivity contribution in [3.05, 3.63) is 30.6 Å². The largest absolute Gasteiger partial charge is 0.497 e. The maximum absolute atomic E-state index is 13.0. The Hall–Kier alpha value is -2.64. The summed E-state index contributed by atoms with van der Waals surface area (Å²) in [7, 11) is 1.69. The van der Waals surface area contributed by atoms with Crippen molar-refractivity contribution in [3.8, 4) is 5.75 Å². The van der Waals surface area contributed by atoms with Crippen LogP contribution in [0.15, 0.2) is 30.6 Å². The number of hydrogen-bond acceptors (Lipinski definition) is 6. The van der Waals surface area contributed by atoms with Gasteiger partial charge in [0, 0.05) is 50.4 Å². The molecule has 0 atom stereocenters. The number of anilines is 1. The molecule has 0 N–H and O–H groups in total. The molecule has 1 aliphatic heterocycles. The van der Waals surface area contributed by atoms with Crippen molar-refractivity contribution in [1.29, 1.82) is 0 Å². The van der Waals surface area contributed by atoms with E-state index in [1.54, 1.807) is 18.1 Å². The van der Waals surface area contributed by atoms with E-state index in [1.165, 1.54) is 0 Å². The molecule has 2 fully saturated rings. The van der Waals surface area contributed by atoms with Crippen LogP contribution in [0.5, 0.6) is 5.75 Å². The van der Waals surface area contributed by atoms with Crippen LogP contribution in [0.3, 0.4) is 0 Å². The molecular formula is C20H28N6O2. The highest BCUT2D eigenvalue weighted by Gasteiger charge is 2.31. The van der Waals surface area contributed by atoms with Gasteiger partial charge in [-0.15, -0.1) is 5.10 Å². The number of carbonyl (C=O) groups is 1. The van der Waals surface area contributed by atoms with Crippen LogP contribution in [0.25, 0.3) is 0 Å². The zero-order valence-corrected chi connectivity index (χ0v) is 16.4. The van der Waals surface area contributed by atoms with Crippen LogP contribution in [0.1, 0.15) is 25.7 Å². The van der Waals surface area contributed by atoms with Gasteiger partial charge in [-0.3, -0.25) is 4.79 Å². The van der Waals surface area contributed by atoms with Crippen molar-refractivity contribution in [2.24, 2.45) is 11.8 Å². The van der Waals surface area contributed by atoms with E-state index >= 15 is 0 Å². The smallest absolute Gasteiger partial charge is 0.225 e. The number of amides is 1. The van der Waals surface area contributed by atoms with Gasteiger partial charge in [0.1, 0.15) is 12.1 Å². The third-order valence-corrected chi connectivity index (χ3v) is 6.04. The molecule has 150 valence electrons. The average Bonchev–Trinajstić information content (AvgIpc) is 3.27. The number of aromatic nitrogens is 4. The summed E-state index contributed by atoms with van der Waals surface area (Å²) in [5.41, 5.74) is 1.16. The van der Waals surface area contributed by atoms with Gasteiger partial charge < -0.3 is 14.5 Å². The minimum atomic E-state index is 0.175. The number of methoxy groups -OCH3 is 1. The predicted octanol–water partition coefficient (Wildman–Crippen LogP) is 1.84. The molecular weight excluding hydrogens is 356 g/mol. The van der Waals surface area contributed by atoms with E-state index in [-0.39, 0.29) is 5.92 Å². The van der Waals surface area contributed by atoms with Gasteiger partial charge >= 0.3 is 0 Å². The number of carbonyl (C=O) groups excluding carboxylic acids is 1. The summed E-state index contributed by atoms with van der Waals surface area (Å²) < 4.78 is 7.12. The molecule has 2 aromatic rings. The molecule has 8 heteroatoms. The van der Waals surface area contributed by atoms with Gasteiger partial charge in [0.05, 0.1) is 7.11 Å². The summed E-state index contributed by atoms with van der Waals surface area (Å²) in [4.78, 5) is 17.4. The van der Waals surface area contributed by atoms with Crippen LogP contribution in [0, 0.1) is 11.8 Å². The van der Waals surface area contributed by atoms with Gasteiger partial charge in [-0.05, 0) is 54.2 Å². The Bertz CT molecular complexity index is 765. The molecule has 1 saturated heterocycles. The zero-order valence-electron chi connectivity index (χ0n) is 16.4. The first kappa shape index (κ1) is 18.7. The van der Waals surface area contributed by atoms with Gasteiger partial charge in [0.15, 0.2) is 0 Å². The molecule has 1 amide bonds. The van der Waals surface area contributed by atoms with Gasteiger partial charge in [-0.1, -0.05) is 6.07 Å². The van der Waals surface area contributed by atoms with E-state index in [0.29, 0.717) is 11.8 Å². The van der Waals surface area contributed by atoms with Crippen molar-refractivity contribution in [2.75, 3.05) is 38.2 Å². The monoisotopic (exact) mass is 384 g/mol. The van der Waals surface area contributed by atoms with Crippen LogP contribution in [0.2, 0.25) is 0 Å². The highest BCUT2D eigenvalue weighted by atomic mass is 16.5. The number of tetrazole rings is 1. The molecule has 0 bridgehead atoms. The van der Waals surface area contributed by atoms with E-state index in [1.807, 2.05) is 12.1 Å². The fourth-order valence-corrected chi connectivity index (χ4v) is 4.37. The Morgan fingerprint density at radius 1 is 1.14 bits per heavy atom. The van der Waals surface area contributed by atoms with E-state index in [2.05, 4.69) is 37.5 Å². The quantitative estimate of drug-likeness (QED) is 0.783. The SMILES string of the molecule is COc1cccc(N2CCN(C(=O)C3CCC(Cn4cnnn4)CC3)CC2)c1. The number of nitrogens with zero attached hydrogens (tertiary/aromatic N) is 6. The second-order valence-electron chi connectivity index (χ2n) is 7.76. The predicted molar refractivity (Wildman–Crippen MR) is 105 cm³/mol. The second kappa shape index (κ2) is 8.58. The summed E-state index contributed by atoms with van der Waals surface area (Å²) in [6.07, 6.45) is 5.75. The number of hydrogen-bond donors (Lipinski definition) is 0. The lowest BCUT2D eigenvalue weighted by molar-refractivity contribution is -0.137. The Morgan fingerprint density at radius 2 is 1.93 bits per heavy atom. The maximum Gasteiger partial charge on any atom is 0.225 e. The minimum absolute atomic E-state index is 0.175. The van der Waals surface area contributed by atoms with E-state index in [9.17, 15) is 4.79 Å². The number of rotatable bonds is 5. The molecule has 1 aromatic heterocycles. The molecule has 28 heavy (non-hydrogen) atoms. The number of ether oxygens (including phenoxy) is 1. The molecule has 2 heterocycles. The highest BCUT2D eigenvalue weighted by Crippen LogP contribution is 2.31. The Kier molecular flexibility index (Phi) is 5.73. The fourth-order valence-electron chi connectivity index (χ4n) is 4.37. The van der Waals surface area contributed by atoms with Gasteiger partial charge in [-0.2, -0.15) is 0 Å². The first-order valence-electron chi connectivity index (χ1n) is 10.1. The number of piperazine rings is 1. The molecule has 4 rings (SSSR count). The fraction of sp³-hybridized carbons (Fsp3) is 0.600. The topological polar surface area (TPSA) is 76.4 Å². The van der Waals surface area contributed by atoms with Crippen LogP contribution in [-0.4, -0.2) is 64.3 Å². The van der Waals surface area contributed by atoms with Crippen LogP contribution < -0.4 is 9.64 Å². The molecule has 1 saturated carbocycles. The first-order valence-corrected chi connectivity index (χ1v) is 10.1. The van der Waals surface area contributed by atoms with Crippen molar-refractivity contribution in [1.82, 2.24) is 25.1 Å². The van der Waals surface area contributed by atoms with Gasteiger partial charge in [0.2, 0.25) is 5.91 Å². The summed E-state index contributed by atoms with van der Waals surface area (Å²) in [5, 5.41) is 11.3. The second-order valence-corrected chi connectivity index (χ2v) is 7.76. The van der Waals surface area contributed by atoms with Gasteiger partial charge in [0.25, 0.3) is 0 Å². The molecule has 2 aliphatic rings. The third-order valence-electron chi connectivity index (χ3n) is 6.04. The van der Waals surface area contributed by atoms with E-state index < -0.39 is 0 Å². The van der Waals surface area contributed by atoms with Crippen molar-refractivity contribution in [2.45, 2.75) is 32.2 Å². The molecule has 1 aromatic carbocycles. The minimum Gasteiger partial charge on any atom is -0.497 e. The summed E-state index contributed by atoms with van der Waals surface area (Å²) in [6.45, 7) is 4.18. The summed E-state index contributed by atoms with van der Waals surface area (Å²) in [5.74, 6) is 1.95. The molecule has 0 unspecified atom stereocenters. The van der Waals surface area contributed by atoms with Gasteiger partial charge in [-0.25, -0.2) is 4.68 Å². The lowest BCUT2D eigenvalue weighted by Gasteiger charge is -2.38. The number of benzene rings is 1. The molecule has 1 aliphatic carbocycles. The lowest BCUT2D eigenvalue weighted by atomic mass is 9.81. The average molecular weight is 384 g/mol. The lowest BCUT2D eigenvalue weighted by Crippen LogP contribution is -2.50. The van der Waals surface area contributed by atoms with Crippen LogP contribution in [0.4, 0.5) is 5.69 Å². The van der Waals surface area contributed by atoms with E-state index in [4.69, 9.17) is 4.74 Å². The zero-order chi connectivity index (χ0) is 19.3. The first-order chi connectivity index (χ1) is 13.7. The third kappa shape index (κ3) is 4.26. The standard InChI is InChI=1S/C20H28N6O2/c1-28-19-4-2-3-18(13-19)24-9-11-25(12-10-24)20(27)17-7-5-16(6-8-17)14-26-15-21-22-23-26/h2-4,13,15-17H,5-12,14H2,1H3. The van der Waals surface area contributed by atoms with E-state index in [0.717, 1.165) is 69.8 Å². The Balaban J connectivity index is 1.25. The highest BCUT2D eigenvalue weighted by molar-refractivity contribution is 5.79. The molecule has 0 radical (unpaired) electrons. The molecule has 0 spiro atoms. The van der Waals surface area contributed by atoms with Crippen molar-refractivity contribution in [3.63, 3.8) is 0 Å². The normalized spacial score (nSPS) is 22.9. The molecule has 8 nitrogen and oxygen atoms in total. The summed E-state index contributed by atoms with van der Waals surface area (Å²) in [6, 6.07) is 8.13. The summed E-state index contributed by atoms with van der Waals surface area (Å²) >= 11 is 0. The Labute approximate surface area is 165 Å².